The molecule has 1 aromatic rings. The van der Waals surface area contributed by atoms with Crippen LogP contribution in [0.5, 0.6) is 5.75 Å². The Kier molecular flexibility index (Phi) is 2.59. The van der Waals surface area contributed by atoms with Crippen LogP contribution < -0.4 is 4.74 Å². The fourth-order valence-corrected chi connectivity index (χ4v) is 0.791. The van der Waals surface area contributed by atoms with E-state index in [9.17, 15) is 14.9 Å². The standard InChI is InChI=1S/C8H6NO4/c1-6(10)13-8-5-3-2-4-7(8)9(11)12/h3-5H,1H3. The second-order valence-corrected chi connectivity index (χ2v) is 2.24. The van der Waals surface area contributed by atoms with Crippen LogP contribution in [0.1, 0.15) is 6.92 Å². The third kappa shape index (κ3) is 2.26. The summed E-state index contributed by atoms with van der Waals surface area (Å²) >= 11 is 0. The molecule has 0 aliphatic heterocycles. The largest absolute Gasteiger partial charge is 0.419 e. The van der Waals surface area contributed by atoms with Crippen LogP contribution in [0.25, 0.3) is 0 Å². The van der Waals surface area contributed by atoms with Crippen LogP contribution in [-0.4, -0.2) is 10.9 Å². The fraction of sp³-hybridized carbons (Fsp3) is 0.125. The van der Waals surface area contributed by atoms with E-state index >= 15 is 0 Å². The highest BCUT2D eigenvalue weighted by Crippen LogP contribution is 2.25. The topological polar surface area (TPSA) is 69.4 Å². The predicted octanol–water partition coefficient (Wildman–Crippen LogP) is 1.32. The van der Waals surface area contributed by atoms with Gasteiger partial charge in [-0.25, -0.2) is 0 Å². The number of hydrogen-bond donors (Lipinski definition) is 0. The van der Waals surface area contributed by atoms with Crippen molar-refractivity contribution in [1.29, 1.82) is 0 Å². The minimum Gasteiger partial charge on any atom is -0.419 e. The summed E-state index contributed by atoms with van der Waals surface area (Å²) in [4.78, 5) is 20.3. The highest BCUT2D eigenvalue weighted by molar-refractivity contribution is 5.71. The Hall–Kier alpha value is -1.91. The van der Waals surface area contributed by atoms with Crippen molar-refractivity contribution in [2.75, 3.05) is 0 Å². The molecule has 0 spiro atoms. The Morgan fingerprint density at radius 1 is 1.69 bits per heavy atom. The first-order valence-electron chi connectivity index (χ1n) is 3.44. The summed E-state index contributed by atoms with van der Waals surface area (Å²) in [5, 5.41) is 10.4. The van der Waals surface area contributed by atoms with E-state index in [4.69, 9.17) is 0 Å². The Morgan fingerprint density at radius 2 is 2.38 bits per heavy atom. The highest BCUT2D eigenvalue weighted by Gasteiger charge is 2.14. The van der Waals surface area contributed by atoms with Crippen LogP contribution in [0.15, 0.2) is 18.2 Å². The molecule has 0 saturated carbocycles. The summed E-state index contributed by atoms with van der Waals surface area (Å²) in [5.74, 6) is -0.648. The quantitative estimate of drug-likeness (QED) is 0.298. The molecule has 5 heteroatoms. The van der Waals surface area contributed by atoms with Crippen LogP contribution in [0.2, 0.25) is 0 Å². The van der Waals surface area contributed by atoms with E-state index in [1.165, 1.54) is 19.1 Å². The molecule has 1 rings (SSSR count). The Labute approximate surface area is 74.1 Å². The second kappa shape index (κ2) is 3.66. The molecule has 0 saturated heterocycles. The SMILES string of the molecule is CC(=O)Oc1cc[c]cc1[N+](=O)[O-]. The molecular weight excluding hydrogens is 174 g/mol. The minimum absolute atomic E-state index is 0.0590. The van der Waals surface area contributed by atoms with Crippen LogP contribution in [-0.2, 0) is 4.79 Å². The second-order valence-electron chi connectivity index (χ2n) is 2.24. The van der Waals surface area contributed by atoms with Gasteiger partial charge in [0.25, 0.3) is 0 Å². The first-order chi connectivity index (χ1) is 6.11. The number of nitro groups is 1. The summed E-state index contributed by atoms with van der Waals surface area (Å²) in [6, 6.07) is 6.43. The van der Waals surface area contributed by atoms with E-state index in [0.29, 0.717) is 0 Å². The zero-order valence-electron chi connectivity index (χ0n) is 6.81. The third-order valence-corrected chi connectivity index (χ3v) is 1.25. The van der Waals surface area contributed by atoms with Crippen molar-refractivity contribution in [2.45, 2.75) is 6.92 Å². The summed E-state index contributed by atoms with van der Waals surface area (Å²) in [7, 11) is 0. The lowest BCUT2D eigenvalue weighted by molar-refractivity contribution is -0.385. The Balaban J connectivity index is 3.04. The number of carbonyl (C=O) groups excluding carboxylic acids is 1. The molecule has 0 amide bonds. The predicted molar refractivity (Wildman–Crippen MR) is 43.2 cm³/mol. The zero-order chi connectivity index (χ0) is 9.84. The van der Waals surface area contributed by atoms with Gasteiger partial charge in [0, 0.05) is 13.0 Å². The van der Waals surface area contributed by atoms with Crippen molar-refractivity contribution in [3.8, 4) is 5.75 Å². The van der Waals surface area contributed by atoms with Gasteiger partial charge in [-0.15, -0.1) is 0 Å². The van der Waals surface area contributed by atoms with E-state index in [2.05, 4.69) is 10.8 Å². The van der Waals surface area contributed by atoms with Gasteiger partial charge in [0.1, 0.15) is 0 Å². The van der Waals surface area contributed by atoms with Crippen LogP contribution >= 0.6 is 0 Å². The average molecular weight is 180 g/mol. The molecule has 0 aliphatic rings. The summed E-state index contributed by atoms with van der Waals surface area (Å²) in [6.45, 7) is 1.18. The monoisotopic (exact) mass is 180 g/mol. The van der Waals surface area contributed by atoms with Gasteiger partial charge in [0.15, 0.2) is 0 Å². The first kappa shape index (κ1) is 9.18. The fourth-order valence-electron chi connectivity index (χ4n) is 0.791. The van der Waals surface area contributed by atoms with Crippen molar-refractivity contribution in [1.82, 2.24) is 0 Å². The molecule has 1 aromatic carbocycles. The van der Waals surface area contributed by atoms with Gasteiger partial charge in [-0.1, -0.05) is 6.07 Å². The lowest BCUT2D eigenvalue weighted by Crippen LogP contribution is -2.03. The summed E-state index contributed by atoms with van der Waals surface area (Å²) in [5.41, 5.74) is -0.266. The molecule has 0 aliphatic carbocycles. The van der Waals surface area contributed by atoms with E-state index in [1.54, 1.807) is 0 Å². The highest BCUT2D eigenvalue weighted by atomic mass is 16.6. The van der Waals surface area contributed by atoms with Crippen LogP contribution in [0.4, 0.5) is 5.69 Å². The lowest BCUT2D eigenvalue weighted by Gasteiger charge is -2.00. The molecule has 0 N–H and O–H groups in total. The smallest absolute Gasteiger partial charge is 0.312 e. The molecular formula is C8H6NO4. The van der Waals surface area contributed by atoms with Gasteiger partial charge in [0.2, 0.25) is 5.75 Å². The normalized spacial score (nSPS) is 9.31. The number of benzene rings is 1. The molecule has 13 heavy (non-hydrogen) atoms. The number of hydrogen-bond acceptors (Lipinski definition) is 4. The number of ether oxygens (including phenoxy) is 1. The molecule has 0 bridgehead atoms. The maximum Gasteiger partial charge on any atom is 0.312 e. The van der Waals surface area contributed by atoms with E-state index in [1.807, 2.05) is 0 Å². The number of carbonyl (C=O) groups is 1. The summed E-state index contributed by atoms with van der Waals surface area (Å²) in [6.07, 6.45) is 0. The van der Waals surface area contributed by atoms with Crippen molar-refractivity contribution < 1.29 is 14.5 Å². The number of esters is 1. The van der Waals surface area contributed by atoms with E-state index in [-0.39, 0.29) is 11.4 Å². The van der Waals surface area contributed by atoms with Crippen molar-refractivity contribution >= 4 is 11.7 Å². The minimum atomic E-state index is -0.630. The molecule has 67 valence electrons. The first-order valence-corrected chi connectivity index (χ1v) is 3.44. The van der Waals surface area contributed by atoms with Crippen LogP contribution in [0, 0.1) is 16.2 Å². The molecule has 1 radical (unpaired) electrons. The van der Waals surface area contributed by atoms with Gasteiger partial charge >= 0.3 is 11.7 Å². The van der Waals surface area contributed by atoms with Crippen LogP contribution in [0.3, 0.4) is 0 Å². The Morgan fingerprint density at radius 3 is 2.92 bits per heavy atom. The Bertz CT molecular complexity index is 348. The maximum absolute atomic E-state index is 10.5. The zero-order valence-corrected chi connectivity index (χ0v) is 6.81. The lowest BCUT2D eigenvalue weighted by atomic mass is 10.3. The molecule has 0 unspecified atom stereocenters. The van der Waals surface area contributed by atoms with Gasteiger partial charge in [0.05, 0.1) is 4.92 Å². The van der Waals surface area contributed by atoms with Gasteiger partial charge in [-0.3, -0.25) is 14.9 Å². The van der Waals surface area contributed by atoms with Crippen molar-refractivity contribution in [3.63, 3.8) is 0 Å². The molecule has 0 fully saturated rings. The van der Waals surface area contributed by atoms with Gasteiger partial charge < -0.3 is 4.74 Å². The van der Waals surface area contributed by atoms with Gasteiger partial charge in [-0.05, 0) is 12.1 Å². The third-order valence-electron chi connectivity index (χ3n) is 1.25. The molecule has 0 aromatic heterocycles. The summed E-state index contributed by atoms with van der Waals surface area (Å²) < 4.78 is 4.61. The maximum atomic E-state index is 10.5. The van der Waals surface area contributed by atoms with Gasteiger partial charge in [-0.2, -0.15) is 0 Å². The van der Waals surface area contributed by atoms with Crippen molar-refractivity contribution in [2.24, 2.45) is 0 Å². The molecule has 0 heterocycles. The molecule has 5 nitrogen and oxygen atoms in total. The number of nitrogens with zero attached hydrogens (tertiary/aromatic N) is 1. The molecule has 0 atom stereocenters. The number of nitro benzene ring substituents is 1. The average Bonchev–Trinajstić information content (AvgIpc) is 2.03. The number of rotatable bonds is 2. The van der Waals surface area contributed by atoms with E-state index in [0.717, 1.165) is 6.07 Å². The van der Waals surface area contributed by atoms with Crippen molar-refractivity contribution in [3.05, 3.63) is 34.4 Å². The van der Waals surface area contributed by atoms with E-state index < -0.39 is 10.9 Å².